The number of carbonyl (C=O) groups excluding carboxylic acids is 1. The zero-order valence-corrected chi connectivity index (χ0v) is 21.9. The maximum Gasteiger partial charge on any atom is 0.234 e. The minimum atomic E-state index is 0. The number of nitrogens with one attached hydrogen (secondary N) is 2. The molecule has 178 valence electrons. The summed E-state index contributed by atoms with van der Waals surface area (Å²) < 4.78 is 0. The van der Waals surface area contributed by atoms with Crippen LogP contribution in [0.4, 0.5) is 5.69 Å². The highest BCUT2D eigenvalue weighted by molar-refractivity contribution is 14.0. The first kappa shape index (κ1) is 25.1. The van der Waals surface area contributed by atoms with Gasteiger partial charge in [-0.3, -0.25) is 14.7 Å². The molecule has 7 nitrogen and oxygen atoms in total. The third-order valence-corrected chi connectivity index (χ3v) is 6.73. The number of amides is 1. The molecule has 0 aromatic heterocycles. The van der Waals surface area contributed by atoms with Crippen molar-refractivity contribution in [1.29, 1.82) is 0 Å². The van der Waals surface area contributed by atoms with Gasteiger partial charge in [0.25, 0.3) is 0 Å². The maximum absolute atomic E-state index is 12.0. The topological polar surface area (TPSA) is 63.2 Å². The predicted molar refractivity (Wildman–Crippen MR) is 142 cm³/mol. The second kappa shape index (κ2) is 12.1. The fraction of sp³-hybridized carbons (Fsp3) is 0.667. The number of benzene rings is 1. The lowest BCUT2D eigenvalue weighted by molar-refractivity contribution is -0.122. The average molecular weight is 555 g/mol. The van der Waals surface area contributed by atoms with Gasteiger partial charge in [-0.25, -0.2) is 0 Å². The van der Waals surface area contributed by atoms with Crippen LogP contribution in [0.5, 0.6) is 0 Å². The van der Waals surface area contributed by atoms with Crippen LogP contribution in [0, 0.1) is 5.92 Å². The molecule has 1 saturated carbocycles. The van der Waals surface area contributed by atoms with E-state index in [1.807, 2.05) is 7.05 Å². The number of piperazine rings is 1. The van der Waals surface area contributed by atoms with Gasteiger partial charge in [0.2, 0.25) is 5.91 Å². The normalized spacial score (nSPS) is 20.6. The minimum Gasteiger partial charge on any atom is -0.372 e. The number of halogens is 1. The molecule has 3 aliphatic rings. The number of hydrogen-bond donors (Lipinski definition) is 2. The van der Waals surface area contributed by atoms with E-state index in [2.05, 4.69) is 61.5 Å². The molecule has 2 heterocycles. The molecule has 0 atom stereocenters. The summed E-state index contributed by atoms with van der Waals surface area (Å²) in [5.74, 6) is 1.96. The van der Waals surface area contributed by atoms with Crippen LogP contribution in [-0.2, 0) is 11.3 Å². The van der Waals surface area contributed by atoms with E-state index >= 15 is 0 Å². The van der Waals surface area contributed by atoms with Gasteiger partial charge in [0.05, 0.1) is 6.54 Å². The Bertz CT molecular complexity index is 750. The fourth-order valence-electron chi connectivity index (χ4n) is 4.43. The molecule has 8 heteroatoms. The number of rotatable bonds is 6. The van der Waals surface area contributed by atoms with Gasteiger partial charge in [0.15, 0.2) is 5.96 Å². The van der Waals surface area contributed by atoms with E-state index in [9.17, 15) is 4.79 Å². The first-order valence-electron chi connectivity index (χ1n) is 11.9. The van der Waals surface area contributed by atoms with Crippen LogP contribution >= 0.6 is 24.0 Å². The summed E-state index contributed by atoms with van der Waals surface area (Å²) in [4.78, 5) is 23.5. The van der Waals surface area contributed by atoms with Crippen LogP contribution in [0.1, 0.15) is 38.2 Å². The second-order valence-corrected chi connectivity index (χ2v) is 9.34. The molecule has 32 heavy (non-hydrogen) atoms. The number of aliphatic imine (C=N–C) groups is 1. The first-order valence-corrected chi connectivity index (χ1v) is 11.9. The SMILES string of the molecule is CN=C(NCc1ccc(N2CCC(C)CC2)cc1)N1CCN(CC(=O)NC2CC2)CC1.I. The largest absolute Gasteiger partial charge is 0.372 e. The summed E-state index contributed by atoms with van der Waals surface area (Å²) in [6.07, 6.45) is 4.86. The van der Waals surface area contributed by atoms with E-state index in [1.165, 1.54) is 37.2 Å². The second-order valence-electron chi connectivity index (χ2n) is 9.34. The Labute approximate surface area is 210 Å². The van der Waals surface area contributed by atoms with Crippen molar-refractivity contribution in [1.82, 2.24) is 20.4 Å². The molecule has 2 N–H and O–H groups in total. The smallest absolute Gasteiger partial charge is 0.234 e. The van der Waals surface area contributed by atoms with Crippen molar-refractivity contribution < 1.29 is 4.79 Å². The van der Waals surface area contributed by atoms with Crippen LogP contribution < -0.4 is 15.5 Å². The third-order valence-electron chi connectivity index (χ3n) is 6.73. The van der Waals surface area contributed by atoms with Crippen LogP contribution in [0.3, 0.4) is 0 Å². The average Bonchev–Trinajstić information content (AvgIpc) is 3.60. The molecule has 1 aromatic rings. The van der Waals surface area contributed by atoms with E-state index in [0.29, 0.717) is 12.6 Å². The van der Waals surface area contributed by atoms with E-state index < -0.39 is 0 Å². The summed E-state index contributed by atoms with van der Waals surface area (Å²) in [7, 11) is 1.85. The van der Waals surface area contributed by atoms with Crippen molar-refractivity contribution in [2.75, 3.05) is 57.8 Å². The Balaban J connectivity index is 0.00000289. The van der Waals surface area contributed by atoms with E-state index in [0.717, 1.165) is 57.4 Å². The predicted octanol–water partition coefficient (Wildman–Crippen LogP) is 2.51. The van der Waals surface area contributed by atoms with Gasteiger partial charge in [-0.2, -0.15) is 0 Å². The monoisotopic (exact) mass is 554 g/mol. The lowest BCUT2D eigenvalue weighted by Crippen LogP contribution is -2.54. The number of nitrogens with zero attached hydrogens (tertiary/aromatic N) is 4. The summed E-state index contributed by atoms with van der Waals surface area (Å²) in [5, 5.41) is 6.59. The van der Waals surface area contributed by atoms with Crippen molar-refractivity contribution in [3.63, 3.8) is 0 Å². The van der Waals surface area contributed by atoms with Gasteiger partial charge in [0, 0.05) is 64.6 Å². The zero-order chi connectivity index (χ0) is 21.6. The number of hydrogen-bond acceptors (Lipinski definition) is 4. The number of anilines is 1. The molecule has 3 fully saturated rings. The quantitative estimate of drug-likeness (QED) is 0.322. The standard InChI is InChI=1S/C24H38N6O.HI/c1-19-9-11-29(12-10-19)22-7-3-20(4-8-22)17-26-24(25-2)30-15-13-28(14-16-30)18-23(31)27-21-5-6-21;/h3-4,7-8,19,21H,5-6,9-18H2,1-2H3,(H,25,26)(H,27,31);1H. The molecular weight excluding hydrogens is 515 g/mol. The van der Waals surface area contributed by atoms with Crippen molar-refractivity contribution in [2.45, 2.75) is 45.2 Å². The first-order chi connectivity index (χ1) is 15.1. The third kappa shape index (κ3) is 7.23. The molecule has 1 amide bonds. The summed E-state index contributed by atoms with van der Waals surface area (Å²) in [6, 6.07) is 9.39. The summed E-state index contributed by atoms with van der Waals surface area (Å²) in [5.41, 5.74) is 2.60. The van der Waals surface area contributed by atoms with Gasteiger partial charge < -0.3 is 20.4 Å². The number of carbonyl (C=O) groups is 1. The van der Waals surface area contributed by atoms with E-state index in [4.69, 9.17) is 0 Å². The molecule has 1 aliphatic carbocycles. The summed E-state index contributed by atoms with van der Waals surface area (Å²) in [6.45, 7) is 9.53. The number of piperidine rings is 1. The molecule has 2 saturated heterocycles. The highest BCUT2D eigenvalue weighted by Crippen LogP contribution is 2.23. The van der Waals surface area contributed by atoms with Gasteiger partial charge in [-0.15, -0.1) is 24.0 Å². The minimum absolute atomic E-state index is 0. The van der Waals surface area contributed by atoms with Gasteiger partial charge in [-0.1, -0.05) is 19.1 Å². The molecule has 0 unspecified atom stereocenters. The molecule has 2 aliphatic heterocycles. The van der Waals surface area contributed by atoms with Crippen LogP contribution in [0.15, 0.2) is 29.3 Å². The Morgan fingerprint density at radius 1 is 1.00 bits per heavy atom. The highest BCUT2D eigenvalue weighted by atomic mass is 127. The number of guanidine groups is 1. The lowest BCUT2D eigenvalue weighted by atomic mass is 9.99. The Morgan fingerprint density at radius 2 is 1.66 bits per heavy atom. The van der Waals surface area contributed by atoms with Crippen molar-refractivity contribution >= 4 is 41.5 Å². The fourth-order valence-corrected chi connectivity index (χ4v) is 4.43. The molecule has 0 bridgehead atoms. The highest BCUT2D eigenvalue weighted by Gasteiger charge is 2.26. The zero-order valence-electron chi connectivity index (χ0n) is 19.6. The van der Waals surface area contributed by atoms with Crippen molar-refractivity contribution in [3.05, 3.63) is 29.8 Å². The van der Waals surface area contributed by atoms with Crippen molar-refractivity contribution in [3.8, 4) is 0 Å². The van der Waals surface area contributed by atoms with Gasteiger partial charge in [0.1, 0.15) is 0 Å². The molecule has 4 rings (SSSR count). The molecule has 0 spiro atoms. The van der Waals surface area contributed by atoms with Gasteiger partial charge >= 0.3 is 0 Å². The van der Waals surface area contributed by atoms with Crippen LogP contribution in [-0.4, -0.2) is 80.6 Å². The Kier molecular flexibility index (Phi) is 9.46. The lowest BCUT2D eigenvalue weighted by Gasteiger charge is -2.36. The van der Waals surface area contributed by atoms with Crippen molar-refractivity contribution in [2.24, 2.45) is 10.9 Å². The summed E-state index contributed by atoms with van der Waals surface area (Å²) >= 11 is 0. The molecular formula is C24H39IN6O. The van der Waals surface area contributed by atoms with E-state index in [-0.39, 0.29) is 29.9 Å². The van der Waals surface area contributed by atoms with Crippen LogP contribution in [0.25, 0.3) is 0 Å². The Morgan fingerprint density at radius 3 is 2.25 bits per heavy atom. The molecule has 1 aromatic carbocycles. The maximum atomic E-state index is 12.0. The molecule has 0 radical (unpaired) electrons. The van der Waals surface area contributed by atoms with E-state index in [1.54, 1.807) is 0 Å². The van der Waals surface area contributed by atoms with Gasteiger partial charge in [-0.05, 0) is 49.3 Å². The van der Waals surface area contributed by atoms with Crippen LogP contribution in [0.2, 0.25) is 0 Å². The Hall–Kier alpha value is -1.55.